The molecule has 0 saturated carbocycles. The van der Waals surface area contributed by atoms with Crippen molar-refractivity contribution < 1.29 is 9.53 Å². The molecule has 3 heteroatoms. The smallest absolute Gasteiger partial charge is 0.338 e. The Morgan fingerprint density at radius 2 is 1.82 bits per heavy atom. The highest BCUT2D eigenvalue weighted by atomic mass is 16.5. The van der Waals surface area contributed by atoms with E-state index in [9.17, 15) is 4.79 Å². The molecule has 0 saturated heterocycles. The summed E-state index contributed by atoms with van der Waals surface area (Å²) in [6, 6.07) is 3.84. The van der Waals surface area contributed by atoms with Gasteiger partial charge in [0.25, 0.3) is 0 Å². The van der Waals surface area contributed by atoms with Crippen LogP contribution in [0.15, 0.2) is 18.3 Å². The largest absolute Gasteiger partial charge is 0.465 e. The Balaban J connectivity index is 0.000000686. The van der Waals surface area contributed by atoms with Crippen molar-refractivity contribution >= 4 is 16.9 Å². The summed E-state index contributed by atoms with van der Waals surface area (Å²) in [5.41, 5.74) is 3.75. The van der Waals surface area contributed by atoms with Gasteiger partial charge >= 0.3 is 5.97 Å². The fourth-order valence-electron chi connectivity index (χ4n) is 1.75. The van der Waals surface area contributed by atoms with Crippen molar-refractivity contribution in [2.24, 2.45) is 0 Å². The highest BCUT2D eigenvalue weighted by Crippen LogP contribution is 2.22. The number of H-pyrrole nitrogens is 1. The lowest BCUT2D eigenvalue weighted by molar-refractivity contribution is 0.0600. The van der Waals surface area contributed by atoms with E-state index in [0.717, 1.165) is 22.0 Å². The lowest BCUT2D eigenvalue weighted by Gasteiger charge is -2.04. The van der Waals surface area contributed by atoms with Crippen molar-refractivity contribution in [2.45, 2.75) is 27.7 Å². The molecular formula is C14H19NO2. The van der Waals surface area contributed by atoms with E-state index in [1.165, 1.54) is 7.11 Å². The van der Waals surface area contributed by atoms with Crippen molar-refractivity contribution in [3.63, 3.8) is 0 Å². The summed E-state index contributed by atoms with van der Waals surface area (Å²) in [6.07, 6.45) is 1.94. The normalized spacial score (nSPS) is 9.71. The van der Waals surface area contributed by atoms with Crippen LogP contribution in [-0.2, 0) is 4.74 Å². The first kappa shape index (κ1) is 13.3. The van der Waals surface area contributed by atoms with Gasteiger partial charge in [0.1, 0.15) is 0 Å². The van der Waals surface area contributed by atoms with Crippen molar-refractivity contribution in [1.29, 1.82) is 0 Å². The first-order valence-electron chi connectivity index (χ1n) is 5.80. The molecule has 0 fully saturated rings. The minimum atomic E-state index is -0.282. The van der Waals surface area contributed by atoms with Crippen molar-refractivity contribution in [1.82, 2.24) is 4.98 Å². The highest BCUT2D eigenvalue weighted by molar-refractivity contribution is 5.97. The molecule has 1 heterocycles. The summed E-state index contributed by atoms with van der Waals surface area (Å²) in [6.45, 7) is 7.91. The first-order chi connectivity index (χ1) is 8.13. The number of hydrogen-bond acceptors (Lipinski definition) is 2. The standard InChI is InChI=1S/C12H13NO2.C2H6/c1-7-4-11-9(8(2)6-13-11)5-10(7)12(14)15-3;1-2/h4-6,13H,1-3H3;1-2H3. The van der Waals surface area contributed by atoms with Gasteiger partial charge in [-0.1, -0.05) is 13.8 Å². The Morgan fingerprint density at radius 3 is 2.41 bits per heavy atom. The van der Waals surface area contributed by atoms with Gasteiger partial charge in [-0.3, -0.25) is 0 Å². The lowest BCUT2D eigenvalue weighted by Crippen LogP contribution is -2.03. The minimum absolute atomic E-state index is 0.282. The summed E-state index contributed by atoms with van der Waals surface area (Å²) < 4.78 is 4.73. The number of esters is 1. The quantitative estimate of drug-likeness (QED) is 0.765. The van der Waals surface area contributed by atoms with E-state index in [1.54, 1.807) is 0 Å². The first-order valence-corrected chi connectivity index (χ1v) is 5.80. The molecule has 0 radical (unpaired) electrons. The molecule has 0 aliphatic carbocycles. The van der Waals surface area contributed by atoms with Gasteiger partial charge < -0.3 is 9.72 Å². The van der Waals surface area contributed by atoms with E-state index in [4.69, 9.17) is 4.74 Å². The Bertz CT molecular complexity index is 526. The number of aromatic nitrogens is 1. The lowest BCUT2D eigenvalue weighted by atomic mass is 10.0. The van der Waals surface area contributed by atoms with Crippen LogP contribution in [0.2, 0.25) is 0 Å². The number of hydrogen-bond donors (Lipinski definition) is 1. The number of fused-ring (bicyclic) bond motifs is 1. The minimum Gasteiger partial charge on any atom is -0.465 e. The predicted octanol–water partition coefficient (Wildman–Crippen LogP) is 3.60. The molecule has 3 nitrogen and oxygen atoms in total. The van der Waals surface area contributed by atoms with Gasteiger partial charge in [-0.15, -0.1) is 0 Å². The zero-order chi connectivity index (χ0) is 13.0. The van der Waals surface area contributed by atoms with E-state index in [0.29, 0.717) is 5.56 Å². The van der Waals surface area contributed by atoms with Crippen LogP contribution in [-0.4, -0.2) is 18.1 Å². The molecule has 1 aromatic heterocycles. The van der Waals surface area contributed by atoms with Gasteiger partial charge in [-0.05, 0) is 37.1 Å². The van der Waals surface area contributed by atoms with Gasteiger partial charge in [-0.25, -0.2) is 4.79 Å². The van der Waals surface area contributed by atoms with E-state index >= 15 is 0 Å². The number of carbonyl (C=O) groups is 1. The zero-order valence-corrected chi connectivity index (χ0v) is 11.0. The van der Waals surface area contributed by atoms with Gasteiger partial charge in [0.15, 0.2) is 0 Å². The third kappa shape index (κ3) is 2.49. The Hall–Kier alpha value is -1.77. The monoisotopic (exact) mass is 233 g/mol. The second-order valence-electron chi connectivity index (χ2n) is 3.68. The van der Waals surface area contributed by atoms with Crippen LogP contribution in [0.25, 0.3) is 10.9 Å². The maximum atomic E-state index is 11.5. The van der Waals surface area contributed by atoms with Gasteiger partial charge in [0.05, 0.1) is 12.7 Å². The summed E-state index contributed by atoms with van der Waals surface area (Å²) >= 11 is 0. The molecule has 0 aliphatic heterocycles. The molecule has 0 atom stereocenters. The van der Waals surface area contributed by atoms with Crippen LogP contribution in [0.4, 0.5) is 0 Å². The Kier molecular flexibility index (Phi) is 4.32. The Labute approximate surface area is 102 Å². The topological polar surface area (TPSA) is 42.1 Å². The van der Waals surface area contributed by atoms with Gasteiger partial charge in [0.2, 0.25) is 0 Å². The number of benzene rings is 1. The van der Waals surface area contributed by atoms with Crippen LogP contribution in [0, 0.1) is 13.8 Å². The number of rotatable bonds is 1. The average Bonchev–Trinajstić information content (AvgIpc) is 2.71. The molecule has 0 bridgehead atoms. The molecular weight excluding hydrogens is 214 g/mol. The van der Waals surface area contributed by atoms with Crippen LogP contribution in [0.5, 0.6) is 0 Å². The third-order valence-electron chi connectivity index (χ3n) is 2.64. The number of aryl methyl sites for hydroxylation is 2. The molecule has 0 unspecified atom stereocenters. The molecule has 2 rings (SSSR count). The predicted molar refractivity (Wildman–Crippen MR) is 70.5 cm³/mol. The number of methoxy groups -OCH3 is 1. The van der Waals surface area contributed by atoms with Crippen molar-refractivity contribution in [3.05, 3.63) is 35.0 Å². The van der Waals surface area contributed by atoms with Crippen LogP contribution < -0.4 is 0 Å². The molecule has 0 aliphatic rings. The van der Waals surface area contributed by atoms with Gasteiger partial charge in [0, 0.05) is 17.1 Å². The maximum absolute atomic E-state index is 11.5. The maximum Gasteiger partial charge on any atom is 0.338 e. The van der Waals surface area contributed by atoms with Crippen LogP contribution in [0.1, 0.15) is 35.3 Å². The molecule has 0 spiro atoms. The van der Waals surface area contributed by atoms with Crippen molar-refractivity contribution in [3.8, 4) is 0 Å². The molecule has 1 aromatic carbocycles. The van der Waals surface area contributed by atoms with E-state index in [1.807, 2.05) is 46.0 Å². The molecule has 2 aromatic rings. The fraction of sp³-hybridized carbons (Fsp3) is 0.357. The summed E-state index contributed by atoms with van der Waals surface area (Å²) in [7, 11) is 1.40. The fourth-order valence-corrected chi connectivity index (χ4v) is 1.75. The number of aromatic amines is 1. The number of ether oxygens (including phenoxy) is 1. The summed E-state index contributed by atoms with van der Waals surface area (Å²) in [5.74, 6) is -0.282. The molecule has 92 valence electrons. The van der Waals surface area contributed by atoms with E-state index < -0.39 is 0 Å². The SMILES string of the molecule is CC.COC(=O)c1cc2c(C)c[nH]c2cc1C. The molecule has 0 amide bonds. The van der Waals surface area contributed by atoms with Gasteiger partial charge in [-0.2, -0.15) is 0 Å². The summed E-state index contributed by atoms with van der Waals surface area (Å²) in [5, 5.41) is 1.07. The second-order valence-corrected chi connectivity index (χ2v) is 3.68. The third-order valence-corrected chi connectivity index (χ3v) is 2.64. The second kappa shape index (κ2) is 5.53. The van der Waals surface area contributed by atoms with Crippen LogP contribution in [0.3, 0.4) is 0 Å². The van der Waals surface area contributed by atoms with E-state index in [-0.39, 0.29) is 5.97 Å². The zero-order valence-electron chi connectivity index (χ0n) is 11.0. The average molecular weight is 233 g/mol. The summed E-state index contributed by atoms with van der Waals surface area (Å²) in [4.78, 5) is 14.6. The van der Waals surface area contributed by atoms with Crippen LogP contribution >= 0.6 is 0 Å². The number of carbonyl (C=O) groups excluding carboxylic acids is 1. The van der Waals surface area contributed by atoms with E-state index in [2.05, 4.69) is 4.98 Å². The highest BCUT2D eigenvalue weighted by Gasteiger charge is 2.11. The van der Waals surface area contributed by atoms with Crippen molar-refractivity contribution in [2.75, 3.05) is 7.11 Å². The number of nitrogens with one attached hydrogen (secondary N) is 1. The Morgan fingerprint density at radius 1 is 1.18 bits per heavy atom. The molecule has 17 heavy (non-hydrogen) atoms. The molecule has 1 N–H and O–H groups in total.